The number of hydrogen-bond acceptors (Lipinski definition) is 5. The predicted molar refractivity (Wildman–Crippen MR) is 117 cm³/mol. The number of hydrogen-bond donors (Lipinski definition) is 2. The molecular formula is C22H23N5O2S. The van der Waals surface area contributed by atoms with Crippen LogP contribution in [0.4, 0.5) is 5.69 Å². The van der Waals surface area contributed by atoms with Gasteiger partial charge in [-0.05, 0) is 37.1 Å². The highest BCUT2D eigenvalue weighted by atomic mass is 32.2. The Morgan fingerprint density at radius 3 is 2.57 bits per heavy atom. The monoisotopic (exact) mass is 421 g/mol. The fourth-order valence-corrected chi connectivity index (χ4v) is 4.26. The first-order chi connectivity index (χ1) is 14.7. The molecule has 2 aromatic carbocycles. The Labute approximate surface area is 179 Å². The molecule has 0 saturated heterocycles. The number of para-hydroxylation sites is 2. The number of anilines is 1. The smallest absolute Gasteiger partial charge is 0.253 e. The van der Waals surface area contributed by atoms with Crippen LogP contribution in [0.5, 0.6) is 0 Å². The van der Waals surface area contributed by atoms with Crippen LogP contribution >= 0.6 is 11.8 Å². The van der Waals surface area contributed by atoms with Gasteiger partial charge in [0.25, 0.3) is 5.91 Å². The van der Waals surface area contributed by atoms with Crippen LogP contribution in [-0.2, 0) is 4.79 Å². The number of carbonyl (C=O) groups excluding carboxylic acids is 2. The van der Waals surface area contributed by atoms with Gasteiger partial charge in [-0.1, -0.05) is 54.9 Å². The standard InChI is InChI=1S/C22H23N5O2S/c28-20(14-30-22-26-23-15-27(22)17-10-2-1-3-11-17)25-19-13-7-6-12-18(19)21(29)24-16-8-4-5-9-16/h1-3,6-7,10-13,15-16H,4-5,8-9,14H2,(H,24,29)(H,25,28). The van der Waals surface area contributed by atoms with Crippen molar-refractivity contribution in [3.63, 3.8) is 0 Å². The molecule has 1 saturated carbocycles. The summed E-state index contributed by atoms with van der Waals surface area (Å²) in [7, 11) is 0. The Hall–Kier alpha value is -3.13. The number of nitrogens with one attached hydrogen (secondary N) is 2. The fourth-order valence-electron chi connectivity index (χ4n) is 3.53. The summed E-state index contributed by atoms with van der Waals surface area (Å²) >= 11 is 1.29. The summed E-state index contributed by atoms with van der Waals surface area (Å²) in [6, 6.07) is 17.0. The molecule has 2 N–H and O–H groups in total. The minimum absolute atomic E-state index is 0.144. The molecule has 1 fully saturated rings. The zero-order valence-corrected chi connectivity index (χ0v) is 17.3. The maximum atomic E-state index is 12.7. The Kier molecular flexibility index (Phi) is 6.44. The number of amides is 2. The molecule has 0 unspecified atom stereocenters. The topological polar surface area (TPSA) is 88.9 Å². The summed E-state index contributed by atoms with van der Waals surface area (Å²) in [5, 5.41) is 14.6. The van der Waals surface area contributed by atoms with Crippen molar-refractivity contribution in [2.24, 2.45) is 0 Å². The van der Waals surface area contributed by atoms with E-state index in [-0.39, 0.29) is 23.6 Å². The maximum Gasteiger partial charge on any atom is 0.253 e. The van der Waals surface area contributed by atoms with E-state index in [0.717, 1.165) is 31.4 Å². The van der Waals surface area contributed by atoms with Crippen LogP contribution in [0.2, 0.25) is 0 Å². The molecule has 154 valence electrons. The van der Waals surface area contributed by atoms with Gasteiger partial charge >= 0.3 is 0 Å². The van der Waals surface area contributed by atoms with Crippen molar-refractivity contribution in [2.45, 2.75) is 36.9 Å². The van der Waals surface area contributed by atoms with Gasteiger partial charge in [-0.2, -0.15) is 0 Å². The number of nitrogens with zero attached hydrogens (tertiary/aromatic N) is 3. The van der Waals surface area contributed by atoms with Crippen LogP contribution in [-0.4, -0.2) is 38.4 Å². The van der Waals surface area contributed by atoms with Crippen molar-refractivity contribution < 1.29 is 9.59 Å². The van der Waals surface area contributed by atoms with E-state index in [4.69, 9.17) is 0 Å². The number of benzene rings is 2. The molecule has 1 aromatic heterocycles. The van der Waals surface area contributed by atoms with Gasteiger partial charge in [0.2, 0.25) is 5.91 Å². The molecule has 1 heterocycles. The summed E-state index contributed by atoms with van der Waals surface area (Å²) in [5.41, 5.74) is 1.93. The maximum absolute atomic E-state index is 12.7. The molecule has 7 nitrogen and oxygen atoms in total. The van der Waals surface area contributed by atoms with E-state index in [1.807, 2.05) is 34.9 Å². The highest BCUT2D eigenvalue weighted by Crippen LogP contribution is 2.22. The van der Waals surface area contributed by atoms with Gasteiger partial charge in [0, 0.05) is 11.7 Å². The summed E-state index contributed by atoms with van der Waals surface area (Å²) in [6.07, 6.45) is 5.94. The molecule has 8 heteroatoms. The largest absolute Gasteiger partial charge is 0.349 e. The minimum Gasteiger partial charge on any atom is -0.349 e. The molecule has 1 aliphatic carbocycles. The predicted octanol–water partition coefficient (Wildman–Crippen LogP) is 3.67. The van der Waals surface area contributed by atoms with Crippen LogP contribution in [0.15, 0.2) is 66.1 Å². The van der Waals surface area contributed by atoms with Crippen LogP contribution in [0.25, 0.3) is 5.69 Å². The molecule has 0 aliphatic heterocycles. The van der Waals surface area contributed by atoms with Gasteiger partial charge in [-0.25, -0.2) is 0 Å². The summed E-state index contributed by atoms with van der Waals surface area (Å²) in [4.78, 5) is 25.2. The Morgan fingerprint density at radius 2 is 1.77 bits per heavy atom. The van der Waals surface area contributed by atoms with Crippen LogP contribution in [0.3, 0.4) is 0 Å². The first-order valence-electron chi connectivity index (χ1n) is 9.99. The summed E-state index contributed by atoms with van der Waals surface area (Å²) in [5.74, 6) is -0.192. The van der Waals surface area contributed by atoms with Gasteiger partial charge in [0.05, 0.1) is 17.0 Å². The lowest BCUT2D eigenvalue weighted by molar-refractivity contribution is -0.113. The van der Waals surface area contributed by atoms with Crippen molar-refractivity contribution in [2.75, 3.05) is 11.1 Å². The van der Waals surface area contributed by atoms with Crippen LogP contribution < -0.4 is 10.6 Å². The fraction of sp³-hybridized carbons (Fsp3) is 0.273. The van der Waals surface area contributed by atoms with Gasteiger partial charge in [0.1, 0.15) is 6.33 Å². The van der Waals surface area contributed by atoms with Crippen molar-refractivity contribution >= 4 is 29.3 Å². The zero-order valence-electron chi connectivity index (χ0n) is 16.5. The highest BCUT2D eigenvalue weighted by molar-refractivity contribution is 7.99. The van der Waals surface area contributed by atoms with Crippen LogP contribution in [0, 0.1) is 0 Å². The lowest BCUT2D eigenvalue weighted by Crippen LogP contribution is -2.33. The average molecular weight is 422 g/mol. The van der Waals surface area contributed by atoms with Crippen LogP contribution in [0.1, 0.15) is 36.0 Å². The molecule has 4 rings (SSSR count). The Bertz CT molecular complexity index is 1020. The molecule has 0 radical (unpaired) electrons. The van der Waals surface area contributed by atoms with Crippen molar-refractivity contribution in [1.82, 2.24) is 20.1 Å². The Morgan fingerprint density at radius 1 is 1.03 bits per heavy atom. The van der Waals surface area contributed by atoms with E-state index in [1.54, 1.807) is 30.6 Å². The van der Waals surface area contributed by atoms with Gasteiger partial charge in [0.15, 0.2) is 5.16 Å². The summed E-state index contributed by atoms with van der Waals surface area (Å²) < 4.78 is 1.83. The second-order valence-electron chi connectivity index (χ2n) is 7.16. The van der Waals surface area contributed by atoms with Crippen molar-refractivity contribution in [3.05, 3.63) is 66.5 Å². The third-order valence-electron chi connectivity index (χ3n) is 5.02. The molecule has 0 bridgehead atoms. The number of aromatic nitrogens is 3. The minimum atomic E-state index is -0.205. The molecule has 2 amide bonds. The van der Waals surface area contributed by atoms with E-state index >= 15 is 0 Å². The molecule has 3 aromatic rings. The van der Waals surface area contributed by atoms with E-state index < -0.39 is 0 Å². The molecular weight excluding hydrogens is 398 g/mol. The first kappa shape index (κ1) is 20.2. The zero-order chi connectivity index (χ0) is 20.8. The molecule has 0 atom stereocenters. The third-order valence-corrected chi connectivity index (χ3v) is 5.96. The van der Waals surface area contributed by atoms with Crippen molar-refractivity contribution in [1.29, 1.82) is 0 Å². The van der Waals surface area contributed by atoms with Gasteiger partial charge in [-0.3, -0.25) is 14.2 Å². The number of thioether (sulfide) groups is 1. The number of carbonyl (C=O) groups is 2. The van der Waals surface area contributed by atoms with E-state index in [2.05, 4.69) is 20.8 Å². The lowest BCUT2D eigenvalue weighted by Gasteiger charge is -2.15. The third kappa shape index (κ3) is 4.88. The lowest BCUT2D eigenvalue weighted by atomic mass is 10.1. The molecule has 0 spiro atoms. The quantitative estimate of drug-likeness (QED) is 0.568. The second-order valence-corrected chi connectivity index (χ2v) is 8.10. The van der Waals surface area contributed by atoms with E-state index in [0.29, 0.717) is 16.4 Å². The van der Waals surface area contributed by atoms with E-state index in [9.17, 15) is 9.59 Å². The highest BCUT2D eigenvalue weighted by Gasteiger charge is 2.20. The SMILES string of the molecule is O=C(CSc1nncn1-c1ccccc1)Nc1ccccc1C(=O)NC1CCCC1. The normalized spacial score (nSPS) is 13.9. The molecule has 1 aliphatic rings. The average Bonchev–Trinajstić information content (AvgIpc) is 3.45. The number of rotatable bonds is 7. The van der Waals surface area contributed by atoms with Crippen molar-refractivity contribution in [3.8, 4) is 5.69 Å². The molecule has 30 heavy (non-hydrogen) atoms. The van der Waals surface area contributed by atoms with E-state index in [1.165, 1.54) is 11.8 Å². The van der Waals surface area contributed by atoms with Gasteiger partial charge in [-0.15, -0.1) is 10.2 Å². The first-order valence-corrected chi connectivity index (χ1v) is 11.0. The second kappa shape index (κ2) is 9.58. The van der Waals surface area contributed by atoms with Gasteiger partial charge < -0.3 is 10.6 Å². The Balaban J connectivity index is 1.38. The summed E-state index contributed by atoms with van der Waals surface area (Å²) in [6.45, 7) is 0.